The van der Waals surface area contributed by atoms with Crippen molar-refractivity contribution in [2.75, 3.05) is 0 Å². The highest BCUT2D eigenvalue weighted by Gasteiger charge is 2.55. The fraction of sp³-hybridized carbons (Fsp3) is 0.529. The molecule has 1 aliphatic heterocycles. The summed E-state index contributed by atoms with van der Waals surface area (Å²) < 4.78 is 12.0. The van der Waals surface area contributed by atoms with E-state index < -0.39 is 10.3 Å². The number of carbonyl (C=O) groups is 1. The van der Waals surface area contributed by atoms with Crippen LogP contribution in [0.5, 0.6) is 0 Å². The Morgan fingerprint density at radius 2 is 1.91 bits per heavy atom. The van der Waals surface area contributed by atoms with Crippen molar-refractivity contribution in [1.82, 2.24) is 5.32 Å². The number of benzene rings is 1. The van der Waals surface area contributed by atoms with Gasteiger partial charge in [-0.3, -0.25) is 4.79 Å². The van der Waals surface area contributed by atoms with Crippen molar-refractivity contribution in [3.05, 3.63) is 35.6 Å². The number of amidine groups is 1. The molecule has 1 amide bonds. The van der Waals surface area contributed by atoms with Crippen LogP contribution in [0.4, 0.5) is 4.39 Å². The first-order valence-corrected chi connectivity index (χ1v) is 8.64. The van der Waals surface area contributed by atoms with Crippen LogP contribution in [0.25, 0.3) is 0 Å². The van der Waals surface area contributed by atoms with Crippen LogP contribution in [0.15, 0.2) is 29.3 Å². The van der Waals surface area contributed by atoms with Crippen molar-refractivity contribution in [3.8, 4) is 0 Å². The number of nitrogens with one attached hydrogen (secondary N) is 1. The number of thioether (sulfide) groups is 1. The van der Waals surface area contributed by atoms with Crippen LogP contribution in [0, 0.1) is 5.82 Å². The molecule has 4 nitrogen and oxygen atoms in total. The summed E-state index contributed by atoms with van der Waals surface area (Å²) in [5, 5.41) is 14.4. The maximum atomic E-state index is 13.0. The Morgan fingerprint density at radius 1 is 1.35 bits per heavy atom. The van der Waals surface area contributed by atoms with Crippen molar-refractivity contribution in [2.24, 2.45) is 4.99 Å². The molecule has 6 heteroatoms. The van der Waals surface area contributed by atoms with Gasteiger partial charge in [0.2, 0.25) is 0 Å². The van der Waals surface area contributed by atoms with E-state index in [9.17, 15) is 14.3 Å². The number of halogens is 1. The van der Waals surface area contributed by atoms with Gasteiger partial charge in [0.05, 0.1) is 11.6 Å². The first-order valence-electron chi connectivity index (χ1n) is 7.82. The van der Waals surface area contributed by atoms with Crippen LogP contribution in [0.1, 0.15) is 52.1 Å². The topological polar surface area (TPSA) is 61.7 Å². The number of hydrogen-bond donors (Lipinski definition) is 2. The van der Waals surface area contributed by atoms with Crippen LogP contribution >= 0.6 is 11.8 Å². The van der Waals surface area contributed by atoms with Crippen LogP contribution in [-0.2, 0) is 4.79 Å². The van der Waals surface area contributed by atoms with E-state index in [4.69, 9.17) is 0 Å². The third kappa shape index (κ3) is 3.28. The van der Waals surface area contributed by atoms with Gasteiger partial charge in [0.1, 0.15) is 10.6 Å². The standard InChI is InChI=1S/C17H23FN2O2S/c1-5-17(22,6-2)16(4)14(21)20-15(23-16)19-11(3)12-7-9-13(18)10-8-12/h7-11,22H,5-6H2,1-4H3,(H,19,20,21)/t11-,16?/m0/s1. The summed E-state index contributed by atoms with van der Waals surface area (Å²) in [6.07, 6.45) is 0.962. The SMILES string of the molecule is CCC(O)(CC)C1(C)SC(N[C@@H](C)c2ccc(F)cc2)=NC1=O. The molecule has 2 rings (SSSR count). The number of hydrogen-bond acceptors (Lipinski definition) is 4. The minimum absolute atomic E-state index is 0.117. The van der Waals surface area contributed by atoms with Gasteiger partial charge in [-0.1, -0.05) is 37.7 Å². The molecule has 0 saturated carbocycles. The van der Waals surface area contributed by atoms with Gasteiger partial charge >= 0.3 is 0 Å². The molecule has 1 heterocycles. The quantitative estimate of drug-likeness (QED) is 0.864. The lowest BCUT2D eigenvalue weighted by atomic mass is 9.82. The molecule has 1 aliphatic rings. The first kappa shape index (κ1) is 17.9. The normalized spacial score (nSPS) is 22.9. The molecule has 0 saturated heterocycles. The lowest BCUT2D eigenvalue weighted by molar-refractivity contribution is -0.126. The van der Waals surface area contributed by atoms with Gasteiger partial charge in [-0.25, -0.2) is 4.39 Å². The Kier molecular flexibility index (Phi) is 5.16. The Morgan fingerprint density at radius 3 is 2.43 bits per heavy atom. The number of nitrogens with zero attached hydrogens (tertiary/aromatic N) is 1. The molecule has 1 aromatic carbocycles. The van der Waals surface area contributed by atoms with E-state index >= 15 is 0 Å². The van der Waals surface area contributed by atoms with Crippen molar-refractivity contribution < 1.29 is 14.3 Å². The van der Waals surface area contributed by atoms with Crippen molar-refractivity contribution in [2.45, 2.75) is 56.9 Å². The number of rotatable bonds is 5. The van der Waals surface area contributed by atoms with Crippen molar-refractivity contribution in [1.29, 1.82) is 0 Å². The van der Waals surface area contributed by atoms with Gasteiger partial charge in [0.25, 0.3) is 5.91 Å². The number of aliphatic hydroxyl groups is 1. The van der Waals surface area contributed by atoms with Gasteiger partial charge in [-0.05, 0) is 44.4 Å². The zero-order chi connectivity index (χ0) is 17.3. The van der Waals surface area contributed by atoms with E-state index in [2.05, 4.69) is 10.3 Å². The van der Waals surface area contributed by atoms with Gasteiger partial charge in [-0.2, -0.15) is 4.99 Å². The summed E-state index contributed by atoms with van der Waals surface area (Å²) in [6, 6.07) is 6.08. The highest BCUT2D eigenvalue weighted by molar-refractivity contribution is 8.16. The van der Waals surface area contributed by atoms with Crippen molar-refractivity contribution >= 4 is 22.8 Å². The number of aliphatic imine (C=N–C) groups is 1. The van der Waals surface area contributed by atoms with Gasteiger partial charge in [0.15, 0.2) is 5.17 Å². The molecular weight excluding hydrogens is 315 g/mol. The third-order valence-electron chi connectivity index (χ3n) is 4.68. The molecule has 2 atom stereocenters. The summed E-state index contributed by atoms with van der Waals surface area (Å²) in [4.78, 5) is 16.5. The van der Waals surface area contributed by atoms with E-state index in [1.165, 1.54) is 23.9 Å². The summed E-state index contributed by atoms with van der Waals surface area (Å²) in [7, 11) is 0. The van der Waals surface area contributed by atoms with Gasteiger partial charge in [0, 0.05) is 0 Å². The zero-order valence-corrected chi connectivity index (χ0v) is 14.7. The molecule has 0 radical (unpaired) electrons. The fourth-order valence-electron chi connectivity index (χ4n) is 2.76. The van der Waals surface area contributed by atoms with Crippen LogP contribution in [0.3, 0.4) is 0 Å². The molecule has 0 bridgehead atoms. The molecule has 0 spiro atoms. The molecule has 1 unspecified atom stereocenters. The molecule has 0 aromatic heterocycles. The summed E-state index contributed by atoms with van der Waals surface area (Å²) >= 11 is 1.27. The summed E-state index contributed by atoms with van der Waals surface area (Å²) in [5.74, 6) is -0.602. The Hall–Kier alpha value is -1.40. The largest absolute Gasteiger partial charge is 0.388 e. The molecule has 0 aliphatic carbocycles. The Labute approximate surface area is 140 Å². The van der Waals surface area contributed by atoms with E-state index in [1.54, 1.807) is 19.1 Å². The summed E-state index contributed by atoms with van der Waals surface area (Å²) in [5.41, 5.74) is -0.196. The highest BCUT2D eigenvalue weighted by atomic mass is 32.2. The molecule has 1 aromatic rings. The van der Waals surface area contributed by atoms with Crippen LogP contribution < -0.4 is 5.32 Å². The second kappa shape index (κ2) is 6.61. The van der Waals surface area contributed by atoms with Gasteiger partial charge < -0.3 is 10.4 Å². The highest BCUT2D eigenvalue weighted by Crippen LogP contribution is 2.45. The molecule has 126 valence electrons. The van der Waals surface area contributed by atoms with Gasteiger partial charge in [-0.15, -0.1) is 0 Å². The zero-order valence-electron chi connectivity index (χ0n) is 13.9. The Balaban J connectivity index is 2.13. The number of carbonyl (C=O) groups excluding carboxylic acids is 1. The smallest absolute Gasteiger partial charge is 0.267 e. The van der Waals surface area contributed by atoms with Crippen LogP contribution in [-0.4, -0.2) is 26.5 Å². The minimum atomic E-state index is -1.10. The molecule has 0 fully saturated rings. The molecule has 2 N–H and O–H groups in total. The molecular formula is C17H23FN2O2S. The molecule has 23 heavy (non-hydrogen) atoms. The average Bonchev–Trinajstić information content (AvgIpc) is 2.82. The third-order valence-corrected chi connectivity index (χ3v) is 6.05. The van der Waals surface area contributed by atoms with E-state index in [0.29, 0.717) is 18.0 Å². The average molecular weight is 338 g/mol. The second-order valence-electron chi connectivity index (χ2n) is 6.01. The van der Waals surface area contributed by atoms with E-state index in [0.717, 1.165) is 5.56 Å². The first-order chi connectivity index (χ1) is 10.8. The fourth-order valence-corrected chi connectivity index (χ4v) is 4.12. The van der Waals surface area contributed by atoms with Crippen LogP contribution in [0.2, 0.25) is 0 Å². The second-order valence-corrected chi connectivity index (χ2v) is 7.42. The van der Waals surface area contributed by atoms with E-state index in [1.807, 2.05) is 20.8 Å². The minimum Gasteiger partial charge on any atom is -0.388 e. The Bertz CT molecular complexity index is 614. The maximum Gasteiger partial charge on any atom is 0.267 e. The van der Waals surface area contributed by atoms with E-state index in [-0.39, 0.29) is 17.8 Å². The maximum absolute atomic E-state index is 13.0. The predicted molar refractivity (Wildman–Crippen MR) is 91.9 cm³/mol. The number of amides is 1. The lowest BCUT2D eigenvalue weighted by Crippen LogP contribution is -2.52. The predicted octanol–water partition coefficient (Wildman–Crippen LogP) is 3.42. The monoisotopic (exact) mass is 338 g/mol. The van der Waals surface area contributed by atoms with Crippen molar-refractivity contribution in [3.63, 3.8) is 0 Å². The lowest BCUT2D eigenvalue weighted by Gasteiger charge is -2.38. The summed E-state index contributed by atoms with van der Waals surface area (Å²) in [6.45, 7) is 7.40.